The van der Waals surface area contributed by atoms with Gasteiger partial charge in [0.15, 0.2) is 5.78 Å². The molecule has 3 rings (SSSR count). The molecule has 0 saturated carbocycles. The monoisotopic (exact) mass is 340 g/mol. The first-order valence-electron chi connectivity index (χ1n) is 7.79. The summed E-state index contributed by atoms with van der Waals surface area (Å²) in [6.07, 6.45) is 0. The van der Waals surface area contributed by atoms with Crippen LogP contribution in [0, 0.1) is 6.92 Å². The van der Waals surface area contributed by atoms with Gasteiger partial charge in [-0.2, -0.15) is 0 Å². The van der Waals surface area contributed by atoms with Crippen LogP contribution in [-0.2, 0) is 4.79 Å². The van der Waals surface area contributed by atoms with Gasteiger partial charge in [0.05, 0.1) is 0 Å². The van der Waals surface area contributed by atoms with Crippen LogP contribution in [0.5, 0.6) is 0 Å². The molecule has 1 saturated heterocycles. The number of carbonyl (C=O) groups is 1. The highest BCUT2D eigenvalue weighted by Gasteiger charge is 2.28. The maximum Gasteiger partial charge on any atom is 0.158 e. The van der Waals surface area contributed by atoms with E-state index in [1.165, 1.54) is 20.9 Å². The molecule has 1 aliphatic rings. The van der Waals surface area contributed by atoms with Crippen molar-refractivity contribution in [3.63, 3.8) is 0 Å². The number of hydrogen-bond acceptors (Lipinski definition) is 3. The van der Waals surface area contributed by atoms with E-state index < -0.39 is 0 Å². The number of Topliss-reactive ketones (excluding diaryl/α,β-unsaturated/α-hetero) is 1. The van der Waals surface area contributed by atoms with Crippen LogP contribution in [0.25, 0.3) is 0 Å². The van der Waals surface area contributed by atoms with Gasteiger partial charge in [-0.25, -0.2) is 0 Å². The van der Waals surface area contributed by atoms with Gasteiger partial charge in [-0.05, 0) is 30.5 Å². The van der Waals surface area contributed by atoms with Gasteiger partial charge in [-0.3, -0.25) is 4.79 Å². The van der Waals surface area contributed by atoms with Gasteiger partial charge in [-0.15, -0.1) is 23.5 Å². The molecule has 3 heteroatoms. The van der Waals surface area contributed by atoms with Crippen LogP contribution in [0.1, 0.15) is 29.5 Å². The Morgan fingerprint density at radius 3 is 2.17 bits per heavy atom. The van der Waals surface area contributed by atoms with E-state index >= 15 is 0 Å². The summed E-state index contributed by atoms with van der Waals surface area (Å²) in [7, 11) is 0. The van der Waals surface area contributed by atoms with Crippen molar-refractivity contribution in [1.29, 1.82) is 0 Å². The Morgan fingerprint density at radius 2 is 1.57 bits per heavy atom. The minimum atomic E-state index is 0.0167. The molecule has 118 valence electrons. The van der Waals surface area contributed by atoms with E-state index in [0.717, 1.165) is 17.1 Å². The predicted molar refractivity (Wildman–Crippen MR) is 102 cm³/mol. The number of benzene rings is 2. The first kappa shape index (κ1) is 16.4. The summed E-state index contributed by atoms with van der Waals surface area (Å²) < 4.78 is 1.20. The molecule has 1 unspecified atom stereocenters. The summed E-state index contributed by atoms with van der Waals surface area (Å²) in [5.74, 6) is 2.37. The third kappa shape index (κ3) is 3.56. The van der Waals surface area contributed by atoms with Gasteiger partial charge in [0.1, 0.15) is 0 Å². The number of hydrogen-bond donors (Lipinski definition) is 0. The molecular formula is C20H20OS2. The van der Waals surface area contributed by atoms with E-state index in [1.54, 1.807) is 6.92 Å². The third-order valence-electron chi connectivity index (χ3n) is 4.07. The molecule has 0 N–H and O–H groups in total. The highest BCUT2D eigenvalue weighted by molar-refractivity contribution is 8.25. The van der Waals surface area contributed by atoms with E-state index in [9.17, 15) is 4.79 Å². The smallest absolute Gasteiger partial charge is 0.158 e. The maximum absolute atomic E-state index is 12.5. The second-order valence-corrected chi connectivity index (χ2v) is 8.12. The highest BCUT2D eigenvalue weighted by Crippen LogP contribution is 2.45. The lowest BCUT2D eigenvalue weighted by molar-refractivity contribution is -0.113. The van der Waals surface area contributed by atoms with E-state index in [1.807, 2.05) is 29.6 Å². The van der Waals surface area contributed by atoms with Gasteiger partial charge < -0.3 is 0 Å². The summed E-state index contributed by atoms with van der Waals surface area (Å²) in [4.78, 5) is 12.5. The number of aryl methyl sites for hydroxylation is 1. The Morgan fingerprint density at radius 1 is 0.957 bits per heavy atom. The summed E-state index contributed by atoms with van der Waals surface area (Å²) in [6.45, 7) is 3.83. The van der Waals surface area contributed by atoms with Crippen molar-refractivity contribution >= 4 is 29.3 Å². The molecule has 23 heavy (non-hydrogen) atoms. The number of allylic oxidation sites excluding steroid dienone is 1. The Hall–Kier alpha value is -1.45. The summed E-state index contributed by atoms with van der Waals surface area (Å²) in [5.41, 5.74) is 4.60. The molecule has 1 atom stereocenters. The van der Waals surface area contributed by atoms with Crippen molar-refractivity contribution in [2.45, 2.75) is 19.8 Å². The van der Waals surface area contributed by atoms with Crippen molar-refractivity contribution in [3.05, 3.63) is 81.1 Å². The van der Waals surface area contributed by atoms with Crippen LogP contribution in [0.2, 0.25) is 0 Å². The molecule has 2 aromatic rings. The van der Waals surface area contributed by atoms with Crippen molar-refractivity contribution in [2.24, 2.45) is 0 Å². The lowest BCUT2D eigenvalue weighted by Gasteiger charge is -2.23. The zero-order valence-corrected chi connectivity index (χ0v) is 15.0. The topological polar surface area (TPSA) is 17.1 Å². The molecule has 1 aliphatic heterocycles. The second kappa shape index (κ2) is 7.41. The molecular weight excluding hydrogens is 320 g/mol. The predicted octanol–water partition coefficient (Wildman–Crippen LogP) is 5.41. The second-order valence-electron chi connectivity index (χ2n) is 5.65. The Balaban J connectivity index is 2.21. The zero-order valence-electron chi connectivity index (χ0n) is 13.4. The number of thioether (sulfide) groups is 2. The SMILES string of the molecule is CC(=O)C(=C1SCCS1)C(c1ccccc1)c1ccccc1C. The Bertz CT molecular complexity index is 726. The van der Waals surface area contributed by atoms with E-state index in [2.05, 4.69) is 55.5 Å². The zero-order chi connectivity index (χ0) is 16.2. The molecule has 0 aromatic heterocycles. The van der Waals surface area contributed by atoms with Gasteiger partial charge in [0, 0.05) is 27.2 Å². The standard InChI is InChI=1S/C20H20OS2/c1-14-8-6-7-11-17(14)19(16-9-4-3-5-10-16)18(15(2)21)20-22-12-13-23-20/h3-11,19H,12-13H2,1-2H3. The first-order valence-corrected chi connectivity index (χ1v) is 9.76. The van der Waals surface area contributed by atoms with E-state index in [4.69, 9.17) is 0 Å². The van der Waals surface area contributed by atoms with E-state index in [-0.39, 0.29) is 11.7 Å². The lowest BCUT2D eigenvalue weighted by Crippen LogP contribution is -2.13. The van der Waals surface area contributed by atoms with Crippen LogP contribution in [-0.4, -0.2) is 17.3 Å². The molecule has 0 aliphatic carbocycles. The minimum Gasteiger partial charge on any atom is -0.295 e. The Labute approximate surface area is 146 Å². The molecule has 0 bridgehead atoms. The average molecular weight is 341 g/mol. The maximum atomic E-state index is 12.5. The van der Waals surface area contributed by atoms with Crippen molar-refractivity contribution in [3.8, 4) is 0 Å². The summed E-state index contributed by atoms with van der Waals surface area (Å²) in [5, 5.41) is 0. The van der Waals surface area contributed by atoms with Crippen molar-refractivity contribution in [2.75, 3.05) is 11.5 Å². The fourth-order valence-electron chi connectivity index (χ4n) is 2.99. The summed E-state index contributed by atoms with van der Waals surface area (Å²) in [6, 6.07) is 18.8. The molecule has 0 radical (unpaired) electrons. The average Bonchev–Trinajstić information content (AvgIpc) is 3.08. The fraction of sp³-hybridized carbons (Fsp3) is 0.250. The van der Waals surface area contributed by atoms with Crippen molar-refractivity contribution < 1.29 is 4.79 Å². The largest absolute Gasteiger partial charge is 0.295 e. The van der Waals surface area contributed by atoms with Crippen LogP contribution in [0.4, 0.5) is 0 Å². The lowest BCUT2D eigenvalue weighted by atomic mass is 9.82. The van der Waals surface area contributed by atoms with Crippen LogP contribution in [0.3, 0.4) is 0 Å². The van der Waals surface area contributed by atoms with Crippen molar-refractivity contribution in [1.82, 2.24) is 0 Å². The van der Waals surface area contributed by atoms with Crippen LogP contribution in [0.15, 0.2) is 64.4 Å². The van der Waals surface area contributed by atoms with Gasteiger partial charge >= 0.3 is 0 Å². The van der Waals surface area contributed by atoms with Gasteiger partial charge in [-0.1, -0.05) is 54.6 Å². The van der Waals surface area contributed by atoms with Crippen LogP contribution < -0.4 is 0 Å². The molecule has 1 nitrogen and oxygen atoms in total. The third-order valence-corrected chi connectivity index (χ3v) is 6.82. The number of rotatable bonds is 4. The van der Waals surface area contributed by atoms with Crippen LogP contribution >= 0.6 is 23.5 Å². The minimum absolute atomic E-state index is 0.0167. The fourth-order valence-corrected chi connectivity index (χ4v) is 5.69. The molecule has 2 aromatic carbocycles. The summed E-state index contributed by atoms with van der Waals surface area (Å²) >= 11 is 3.65. The highest BCUT2D eigenvalue weighted by atomic mass is 32.2. The number of ketones is 1. The van der Waals surface area contributed by atoms with E-state index in [0.29, 0.717) is 0 Å². The quantitative estimate of drug-likeness (QED) is 0.693. The molecule has 0 spiro atoms. The molecule has 1 heterocycles. The molecule has 0 amide bonds. The molecule has 1 fully saturated rings. The van der Waals surface area contributed by atoms with Gasteiger partial charge in [0.25, 0.3) is 0 Å². The van der Waals surface area contributed by atoms with Gasteiger partial charge in [0.2, 0.25) is 0 Å². The number of carbonyl (C=O) groups excluding carboxylic acids is 1. The Kier molecular flexibility index (Phi) is 5.29. The first-order chi connectivity index (χ1) is 11.2. The normalized spacial score (nSPS) is 15.5.